The number of carbonyl (C=O) groups is 4. The Hall–Kier alpha value is -4.16. The Labute approximate surface area is 352 Å². The minimum absolute atomic E-state index is 0.0658. The fourth-order valence-electron chi connectivity index (χ4n) is 14.1. The van der Waals surface area contributed by atoms with Gasteiger partial charge in [0.1, 0.15) is 28.9 Å². The zero-order chi connectivity index (χ0) is 43.4. The van der Waals surface area contributed by atoms with E-state index in [4.69, 9.17) is 10.5 Å². The Morgan fingerprint density at radius 2 is 1.70 bits per heavy atom. The number of rotatable bonds is 8. The number of primary amides is 1. The van der Waals surface area contributed by atoms with Crippen LogP contribution in [-0.2, 0) is 19.1 Å². The predicted molar refractivity (Wildman–Crippen MR) is 224 cm³/mol. The minimum Gasteiger partial charge on any atom is -0.508 e. The van der Waals surface area contributed by atoms with Crippen LogP contribution in [0.1, 0.15) is 136 Å². The van der Waals surface area contributed by atoms with Crippen molar-refractivity contribution in [3.05, 3.63) is 51.8 Å². The monoisotopic (exact) mass is 828 g/mol. The number of Topliss-reactive ketones (excluding diaryl/α,β-unsaturated/α-hetero) is 2. The van der Waals surface area contributed by atoms with Crippen molar-refractivity contribution >= 4 is 35.0 Å². The lowest BCUT2D eigenvalue weighted by Gasteiger charge is -2.58. The lowest BCUT2D eigenvalue weighted by molar-refractivity contribution is -0.160. The number of phenols is 1. The first-order valence-electron chi connectivity index (χ1n) is 22.4. The number of aliphatic hydroxyl groups excluding tert-OH is 3. The summed E-state index contributed by atoms with van der Waals surface area (Å²) in [5.41, 5.74) is 2.81. The van der Waals surface area contributed by atoms with E-state index in [0.717, 1.165) is 36.5 Å². The van der Waals surface area contributed by atoms with Gasteiger partial charge in [0.05, 0.1) is 17.4 Å². The van der Waals surface area contributed by atoms with Crippen molar-refractivity contribution in [2.24, 2.45) is 63.9 Å². The summed E-state index contributed by atoms with van der Waals surface area (Å²) in [4.78, 5) is 52.3. The molecule has 0 saturated heterocycles. The highest BCUT2D eigenvalue weighted by Crippen LogP contribution is 2.67. The summed E-state index contributed by atoms with van der Waals surface area (Å²) in [6.45, 7) is 13.8. The van der Waals surface area contributed by atoms with Crippen LogP contribution >= 0.6 is 0 Å². The quantitative estimate of drug-likeness (QED) is 0.0763. The van der Waals surface area contributed by atoms with Crippen LogP contribution in [0, 0.1) is 58.2 Å². The third-order valence-electron chi connectivity index (χ3n) is 17.3. The molecule has 7 aliphatic carbocycles. The van der Waals surface area contributed by atoms with E-state index in [-0.39, 0.29) is 22.8 Å². The maximum Gasteiger partial charge on any atom is 0.412 e. The smallest absolute Gasteiger partial charge is 0.412 e. The van der Waals surface area contributed by atoms with Crippen molar-refractivity contribution in [1.82, 2.24) is 0 Å². The second kappa shape index (κ2) is 15.0. The number of nitrogens with two attached hydrogens (primary N) is 1. The minimum atomic E-state index is -2.93. The van der Waals surface area contributed by atoms with Gasteiger partial charge in [-0.2, -0.15) is 0 Å². The molecule has 0 spiro atoms. The molecule has 326 valence electrons. The van der Waals surface area contributed by atoms with E-state index in [1.54, 1.807) is 13.0 Å². The van der Waals surface area contributed by atoms with Crippen molar-refractivity contribution in [2.45, 2.75) is 142 Å². The largest absolute Gasteiger partial charge is 0.508 e. The molecule has 4 fully saturated rings. The molecule has 0 heterocycles. The third-order valence-corrected chi connectivity index (χ3v) is 17.3. The van der Waals surface area contributed by atoms with Gasteiger partial charge in [-0.15, -0.1) is 0 Å². The highest BCUT2D eigenvalue weighted by atomic mass is 16.6. The number of phenolic OH excluding ortho intramolecular Hbond substituents is 1. The fourth-order valence-corrected chi connectivity index (χ4v) is 14.1. The van der Waals surface area contributed by atoms with Gasteiger partial charge in [0.2, 0.25) is 5.78 Å². The standard InChI is InChI=1S/C48H64N2O10/c1-22(2)8-7-9-23(3)29-13-14-30-28-11-10-25-20-26(16-18-46(25,5)31(28)17-19-47(29,30)6)60-45(58)50-33-15-12-27-24(4)35-38(41(54)36(27)40(33)53)43(56)48(59)32(39(35)52)21-34(51)37(42(48)55)44(49)57/h10,12,15,22-24,26,28-32,35,39,52-55,59H,7-9,11,13-14,16-21H2,1-6H3,(H2,49,57)(H,50,58)/t23-,24-,26?,28?,29+,30?,31?,32+,35+,39+,46-,47+,48+/m0/s1. The molecule has 12 heteroatoms. The van der Waals surface area contributed by atoms with Crippen molar-refractivity contribution < 1.29 is 49.4 Å². The number of hydrogen-bond acceptors (Lipinski definition) is 10. The molecule has 0 aromatic heterocycles. The Balaban J connectivity index is 0.968. The van der Waals surface area contributed by atoms with E-state index in [1.165, 1.54) is 56.6 Å². The number of ketones is 2. The van der Waals surface area contributed by atoms with Crippen LogP contribution in [0.2, 0.25) is 0 Å². The molecule has 0 bridgehead atoms. The van der Waals surface area contributed by atoms with Gasteiger partial charge in [0, 0.05) is 30.3 Å². The lowest BCUT2D eigenvalue weighted by atomic mass is 9.47. The second-order valence-corrected chi connectivity index (χ2v) is 20.6. The van der Waals surface area contributed by atoms with Gasteiger partial charge in [-0.1, -0.05) is 78.5 Å². The number of hydrogen-bond donors (Lipinski definition) is 7. The molecule has 1 aromatic carbocycles. The third kappa shape index (κ3) is 6.27. The summed E-state index contributed by atoms with van der Waals surface area (Å²) in [5.74, 6) is -5.19. The molecule has 1 aromatic rings. The molecule has 8 N–H and O–H groups in total. The average molecular weight is 829 g/mol. The molecule has 13 atom stereocenters. The number of allylic oxidation sites excluding steroid dienone is 1. The van der Waals surface area contributed by atoms with Crippen molar-refractivity contribution in [1.29, 1.82) is 0 Å². The normalized spacial score (nSPS) is 38.8. The Bertz CT molecular complexity index is 2100. The highest BCUT2D eigenvalue weighted by molar-refractivity contribution is 6.23. The Kier molecular flexibility index (Phi) is 10.7. The SMILES string of the molecule is CC(C)CCC[C@H](C)[C@H]1CCC2C3CC=C4CC(OC(=O)Nc5ccc6c(c5O)C(O)=C5C(=O)[C@]7(O)C(O)=C(C(N)=O)C(=O)C[C@@H]7[C@@H](O)[C@@H]5[C@H]6C)CC[C@]4(C)C3CC[C@@]21C. The number of fused-ring (bicyclic) bond motifs is 8. The number of anilines is 1. The molecule has 0 radical (unpaired) electrons. The van der Waals surface area contributed by atoms with E-state index < -0.39 is 87.9 Å². The van der Waals surface area contributed by atoms with E-state index in [2.05, 4.69) is 46.0 Å². The van der Waals surface area contributed by atoms with Crippen LogP contribution in [0.3, 0.4) is 0 Å². The number of carbonyl (C=O) groups excluding carboxylic acids is 4. The fraction of sp³-hybridized carbons (Fsp3) is 0.667. The van der Waals surface area contributed by atoms with Gasteiger partial charge in [-0.3, -0.25) is 19.7 Å². The molecule has 4 unspecified atom stereocenters. The summed E-state index contributed by atoms with van der Waals surface area (Å²) in [5, 5.41) is 59.8. The van der Waals surface area contributed by atoms with Crippen molar-refractivity contribution in [3.8, 4) is 5.75 Å². The Morgan fingerprint density at radius 3 is 2.40 bits per heavy atom. The Morgan fingerprint density at radius 1 is 0.967 bits per heavy atom. The van der Waals surface area contributed by atoms with Gasteiger partial charge < -0.3 is 36.0 Å². The number of amides is 2. The van der Waals surface area contributed by atoms with E-state index >= 15 is 0 Å². The molecule has 12 nitrogen and oxygen atoms in total. The number of aliphatic hydroxyl groups is 4. The van der Waals surface area contributed by atoms with E-state index in [0.29, 0.717) is 35.7 Å². The summed E-state index contributed by atoms with van der Waals surface area (Å²) in [6, 6.07) is 3.01. The number of benzene rings is 1. The second-order valence-electron chi connectivity index (χ2n) is 20.6. The zero-order valence-electron chi connectivity index (χ0n) is 35.9. The summed E-state index contributed by atoms with van der Waals surface area (Å²) in [6.07, 6.45) is 11.5. The number of aromatic hydroxyl groups is 1. The number of ether oxygens (including phenoxy) is 1. The van der Waals surface area contributed by atoms with E-state index in [1.807, 2.05) is 0 Å². The van der Waals surface area contributed by atoms with Gasteiger partial charge in [0.25, 0.3) is 5.91 Å². The molecule has 7 aliphatic rings. The van der Waals surface area contributed by atoms with Crippen molar-refractivity contribution in [3.63, 3.8) is 0 Å². The predicted octanol–water partition coefficient (Wildman–Crippen LogP) is 7.91. The summed E-state index contributed by atoms with van der Waals surface area (Å²) in [7, 11) is 0. The maximum absolute atomic E-state index is 14.0. The highest BCUT2D eigenvalue weighted by Gasteiger charge is 2.65. The molecular weight excluding hydrogens is 765 g/mol. The van der Waals surface area contributed by atoms with E-state index in [9.17, 15) is 44.7 Å². The van der Waals surface area contributed by atoms with Gasteiger partial charge in [-0.25, -0.2) is 4.79 Å². The summed E-state index contributed by atoms with van der Waals surface area (Å²) < 4.78 is 5.99. The van der Waals surface area contributed by atoms with Gasteiger partial charge >= 0.3 is 6.09 Å². The van der Waals surface area contributed by atoms with Crippen molar-refractivity contribution in [2.75, 3.05) is 5.32 Å². The van der Waals surface area contributed by atoms with Crippen LogP contribution in [0.5, 0.6) is 5.75 Å². The molecule has 8 rings (SSSR count). The first kappa shape index (κ1) is 42.5. The van der Waals surface area contributed by atoms with Crippen LogP contribution < -0.4 is 11.1 Å². The van der Waals surface area contributed by atoms with Crippen LogP contribution in [0.15, 0.2) is 40.7 Å². The molecule has 0 aliphatic heterocycles. The molecular formula is C48H64N2O10. The van der Waals surface area contributed by atoms with Crippen LogP contribution in [-0.4, -0.2) is 66.9 Å². The van der Waals surface area contributed by atoms with Crippen LogP contribution in [0.4, 0.5) is 10.5 Å². The van der Waals surface area contributed by atoms with Crippen LogP contribution in [0.25, 0.3) is 5.76 Å². The molecule has 2 amide bonds. The lowest BCUT2D eigenvalue weighted by Crippen LogP contribution is -2.63. The topological polar surface area (TPSA) is 217 Å². The molecule has 60 heavy (non-hydrogen) atoms. The average Bonchev–Trinajstić information content (AvgIpc) is 3.54. The first-order valence-corrected chi connectivity index (χ1v) is 22.4. The summed E-state index contributed by atoms with van der Waals surface area (Å²) >= 11 is 0. The van der Waals surface area contributed by atoms with Gasteiger partial charge in [-0.05, 0) is 109 Å². The first-order chi connectivity index (χ1) is 28.2. The zero-order valence-corrected chi connectivity index (χ0v) is 35.9. The number of nitrogens with one attached hydrogen (secondary N) is 1. The maximum atomic E-state index is 14.0. The van der Waals surface area contributed by atoms with Gasteiger partial charge in [0.15, 0.2) is 11.4 Å². The molecule has 4 saturated carbocycles.